The van der Waals surface area contributed by atoms with Crippen molar-refractivity contribution >= 4 is 0 Å². The van der Waals surface area contributed by atoms with Crippen LogP contribution in [0.5, 0.6) is 0 Å². The summed E-state index contributed by atoms with van der Waals surface area (Å²) < 4.78 is 35.0. The van der Waals surface area contributed by atoms with Crippen LogP contribution in [-0.4, -0.2) is 12.3 Å². The van der Waals surface area contributed by atoms with E-state index in [9.17, 15) is 13.2 Å². The summed E-state index contributed by atoms with van der Waals surface area (Å²) in [6, 6.07) is 0. The topological polar surface area (TPSA) is 0 Å². The van der Waals surface area contributed by atoms with E-state index in [1.54, 1.807) is 0 Å². The molecule has 0 amide bonds. The quantitative estimate of drug-likeness (QED) is 0.529. The van der Waals surface area contributed by atoms with Gasteiger partial charge in [0.15, 0.2) is 6.17 Å². The molecule has 0 aromatic carbocycles. The Labute approximate surface area is 46.0 Å². The molecule has 0 saturated heterocycles. The van der Waals surface area contributed by atoms with Gasteiger partial charge in [0.25, 0.3) is 0 Å². The smallest absolute Gasteiger partial charge is 0.181 e. The average Bonchev–Trinajstić information content (AvgIpc) is 1.64. The molecule has 2 atom stereocenters. The van der Waals surface area contributed by atoms with Crippen molar-refractivity contribution in [2.24, 2.45) is 0 Å². The molecule has 1 unspecified atom stereocenters. The summed E-state index contributed by atoms with van der Waals surface area (Å²) in [5, 5.41) is 0. The lowest BCUT2D eigenvalue weighted by molar-refractivity contribution is 0.189. The molecule has 0 heterocycles. The van der Waals surface area contributed by atoms with Crippen LogP contribution >= 0.6 is 0 Å². The van der Waals surface area contributed by atoms with Crippen molar-refractivity contribution in [2.45, 2.75) is 19.3 Å². The van der Waals surface area contributed by atoms with Gasteiger partial charge < -0.3 is 0 Å². The molecule has 0 nitrogen and oxygen atoms in total. The first-order chi connectivity index (χ1) is 3.55. The van der Waals surface area contributed by atoms with Crippen molar-refractivity contribution < 1.29 is 13.2 Å². The second-order valence-corrected chi connectivity index (χ2v) is 1.53. The summed E-state index contributed by atoms with van der Waals surface area (Å²) in [7, 11) is 0. The van der Waals surface area contributed by atoms with Crippen molar-refractivity contribution in [2.75, 3.05) is 0 Å². The molecule has 48 valence electrons. The van der Waals surface area contributed by atoms with E-state index >= 15 is 0 Å². The third-order valence-corrected chi connectivity index (χ3v) is 0.703. The Kier molecular flexibility index (Phi) is 2.58. The van der Waals surface area contributed by atoms with Crippen LogP contribution in [0.2, 0.25) is 0 Å². The van der Waals surface area contributed by atoms with Crippen molar-refractivity contribution in [3.63, 3.8) is 0 Å². The SMILES string of the molecule is C=C(F)[C@@H](F)C(C)F. The molecule has 0 rings (SSSR count). The first-order valence-corrected chi connectivity index (χ1v) is 2.18. The molecule has 3 heteroatoms. The third-order valence-electron chi connectivity index (χ3n) is 0.703. The van der Waals surface area contributed by atoms with Crippen LogP contribution in [0.15, 0.2) is 12.4 Å². The first-order valence-electron chi connectivity index (χ1n) is 2.18. The van der Waals surface area contributed by atoms with Crippen LogP contribution in [-0.2, 0) is 0 Å². The standard InChI is InChI=1S/C5H7F3/c1-3(6)5(8)4(2)7/h4-5H,1H2,2H3/t4?,5-/m1/s1. The Morgan fingerprint density at radius 1 is 1.50 bits per heavy atom. The molecular formula is C5H7F3. The second kappa shape index (κ2) is 2.74. The summed E-state index contributed by atoms with van der Waals surface area (Å²) in [4.78, 5) is 0. The Balaban J connectivity index is 3.64. The van der Waals surface area contributed by atoms with Gasteiger partial charge in [-0.2, -0.15) is 0 Å². The van der Waals surface area contributed by atoms with Crippen LogP contribution < -0.4 is 0 Å². The van der Waals surface area contributed by atoms with E-state index < -0.39 is 18.2 Å². The summed E-state index contributed by atoms with van der Waals surface area (Å²) >= 11 is 0. The number of hydrogen-bond donors (Lipinski definition) is 0. The largest absolute Gasteiger partial charge is 0.244 e. The van der Waals surface area contributed by atoms with Gasteiger partial charge in [-0.15, -0.1) is 0 Å². The monoisotopic (exact) mass is 124 g/mol. The molecule has 0 saturated carbocycles. The number of halogens is 3. The van der Waals surface area contributed by atoms with E-state index in [0.29, 0.717) is 0 Å². The molecule has 0 aromatic rings. The summed E-state index contributed by atoms with van der Waals surface area (Å²) in [5.41, 5.74) is 0. The predicted molar refractivity (Wildman–Crippen MR) is 25.7 cm³/mol. The van der Waals surface area contributed by atoms with Crippen molar-refractivity contribution in [1.29, 1.82) is 0 Å². The van der Waals surface area contributed by atoms with Crippen molar-refractivity contribution in [3.8, 4) is 0 Å². The number of rotatable bonds is 2. The Morgan fingerprint density at radius 3 is 1.88 bits per heavy atom. The first kappa shape index (κ1) is 7.53. The maximum Gasteiger partial charge on any atom is 0.181 e. The molecule has 0 fully saturated rings. The maximum absolute atomic E-state index is 11.8. The minimum atomic E-state index is -2.16. The Bertz CT molecular complexity index is 87.7. The van der Waals surface area contributed by atoms with E-state index in [1.165, 1.54) is 0 Å². The molecule has 0 aromatic heterocycles. The van der Waals surface area contributed by atoms with Gasteiger partial charge in [0.05, 0.1) is 0 Å². The highest BCUT2D eigenvalue weighted by Gasteiger charge is 2.17. The zero-order chi connectivity index (χ0) is 6.73. The lowest BCUT2D eigenvalue weighted by Gasteiger charge is -2.03. The number of allylic oxidation sites excluding steroid dienone is 1. The van der Waals surface area contributed by atoms with Crippen LogP contribution in [0.1, 0.15) is 6.92 Å². The van der Waals surface area contributed by atoms with Gasteiger partial charge in [-0.1, -0.05) is 6.58 Å². The zero-order valence-electron chi connectivity index (χ0n) is 4.50. The lowest BCUT2D eigenvalue weighted by atomic mass is 10.2. The predicted octanol–water partition coefficient (Wildman–Crippen LogP) is 2.17. The molecule has 0 N–H and O–H groups in total. The highest BCUT2D eigenvalue weighted by molar-refractivity contribution is 4.92. The lowest BCUT2D eigenvalue weighted by Crippen LogP contribution is -2.12. The van der Waals surface area contributed by atoms with Crippen molar-refractivity contribution in [3.05, 3.63) is 12.4 Å². The van der Waals surface area contributed by atoms with Gasteiger partial charge in [0, 0.05) is 0 Å². The normalized spacial score (nSPS) is 17.5. The second-order valence-electron chi connectivity index (χ2n) is 1.53. The summed E-state index contributed by atoms with van der Waals surface area (Å²) in [5.74, 6) is -1.25. The van der Waals surface area contributed by atoms with E-state index in [2.05, 4.69) is 6.58 Å². The summed E-state index contributed by atoms with van der Waals surface area (Å²) in [6.07, 6.45) is -3.96. The highest BCUT2D eigenvalue weighted by atomic mass is 19.2. The van der Waals surface area contributed by atoms with Crippen LogP contribution in [0.4, 0.5) is 13.2 Å². The fourth-order valence-electron chi connectivity index (χ4n) is 0.249. The number of hydrogen-bond acceptors (Lipinski definition) is 0. The van der Waals surface area contributed by atoms with Gasteiger partial charge >= 0.3 is 0 Å². The molecule has 0 aliphatic rings. The van der Waals surface area contributed by atoms with Gasteiger partial charge in [0.1, 0.15) is 12.0 Å². The van der Waals surface area contributed by atoms with Crippen LogP contribution in [0.3, 0.4) is 0 Å². The molecule has 0 radical (unpaired) electrons. The highest BCUT2D eigenvalue weighted by Crippen LogP contribution is 2.11. The fourth-order valence-corrected chi connectivity index (χ4v) is 0.249. The Hall–Kier alpha value is -0.470. The minimum Gasteiger partial charge on any atom is -0.244 e. The van der Waals surface area contributed by atoms with E-state index in [4.69, 9.17) is 0 Å². The van der Waals surface area contributed by atoms with Gasteiger partial charge in [0.2, 0.25) is 0 Å². The molecular weight excluding hydrogens is 117 g/mol. The molecule has 0 spiro atoms. The fraction of sp³-hybridized carbons (Fsp3) is 0.600. The Morgan fingerprint density at radius 2 is 1.88 bits per heavy atom. The van der Waals surface area contributed by atoms with Crippen LogP contribution in [0, 0.1) is 0 Å². The van der Waals surface area contributed by atoms with E-state index in [0.717, 1.165) is 6.92 Å². The minimum absolute atomic E-state index is 0.940. The number of alkyl halides is 2. The molecule has 0 aliphatic carbocycles. The van der Waals surface area contributed by atoms with E-state index in [1.807, 2.05) is 0 Å². The van der Waals surface area contributed by atoms with E-state index in [-0.39, 0.29) is 0 Å². The average molecular weight is 124 g/mol. The molecule has 0 bridgehead atoms. The van der Waals surface area contributed by atoms with Crippen molar-refractivity contribution in [1.82, 2.24) is 0 Å². The van der Waals surface area contributed by atoms with Gasteiger partial charge in [-0.25, -0.2) is 13.2 Å². The summed E-state index contributed by atoms with van der Waals surface area (Å²) in [6.45, 7) is 3.53. The van der Waals surface area contributed by atoms with Gasteiger partial charge in [-0.05, 0) is 6.92 Å². The molecule has 0 aliphatic heterocycles. The molecule has 8 heavy (non-hydrogen) atoms. The maximum atomic E-state index is 11.8. The zero-order valence-corrected chi connectivity index (χ0v) is 4.50. The third kappa shape index (κ3) is 2.00. The van der Waals surface area contributed by atoms with Gasteiger partial charge in [-0.3, -0.25) is 0 Å². The van der Waals surface area contributed by atoms with Crippen LogP contribution in [0.25, 0.3) is 0 Å².